The summed E-state index contributed by atoms with van der Waals surface area (Å²) in [5.74, 6) is -0.662. The van der Waals surface area contributed by atoms with Gasteiger partial charge in [-0.3, -0.25) is 9.69 Å². The van der Waals surface area contributed by atoms with Crippen LogP contribution in [-0.4, -0.2) is 36.1 Å². The first kappa shape index (κ1) is 20.8. The first-order valence-electron chi connectivity index (χ1n) is 10.1. The fourth-order valence-electron chi connectivity index (χ4n) is 3.68. The van der Waals surface area contributed by atoms with E-state index < -0.39 is 5.82 Å². The summed E-state index contributed by atoms with van der Waals surface area (Å²) in [6.07, 6.45) is 0. The maximum absolute atomic E-state index is 13.7. The van der Waals surface area contributed by atoms with Gasteiger partial charge in [-0.25, -0.2) is 4.39 Å². The highest BCUT2D eigenvalue weighted by atomic mass is 19.1. The fourth-order valence-corrected chi connectivity index (χ4v) is 3.68. The number of halogens is 1. The number of carbonyl (C=O) groups is 1. The number of amides is 1. The van der Waals surface area contributed by atoms with E-state index in [1.54, 1.807) is 6.07 Å². The Balaban J connectivity index is 1.70. The zero-order valence-electron chi connectivity index (χ0n) is 17.2. The Kier molecular flexibility index (Phi) is 6.11. The number of aliphatic hydroxyl groups is 1. The summed E-state index contributed by atoms with van der Waals surface area (Å²) in [6.45, 7) is 1.46. The Hall–Kier alpha value is -3.48. The molecule has 6 heteroatoms. The molecule has 3 N–H and O–H groups in total. The molecule has 3 aromatic carbocycles. The van der Waals surface area contributed by atoms with Crippen molar-refractivity contribution in [3.8, 4) is 0 Å². The molecule has 0 saturated carbocycles. The molecule has 158 valence electrons. The van der Waals surface area contributed by atoms with Gasteiger partial charge in [0, 0.05) is 24.3 Å². The SMILES string of the molecule is CN(CCO)Cc1ccc(N/C(=C2\C(=O)Nc3cc(F)ccc32)c2ccccc2)cc1. The Morgan fingerprint density at radius 2 is 1.81 bits per heavy atom. The van der Waals surface area contributed by atoms with Crippen molar-refractivity contribution >= 4 is 28.6 Å². The minimum atomic E-state index is -0.392. The minimum absolute atomic E-state index is 0.123. The maximum atomic E-state index is 13.7. The second-order valence-electron chi connectivity index (χ2n) is 7.54. The van der Waals surface area contributed by atoms with Crippen LogP contribution in [-0.2, 0) is 11.3 Å². The highest BCUT2D eigenvalue weighted by Gasteiger charge is 2.28. The predicted molar refractivity (Wildman–Crippen MR) is 122 cm³/mol. The molecule has 0 unspecified atom stereocenters. The van der Waals surface area contributed by atoms with Gasteiger partial charge in [0.2, 0.25) is 0 Å². The number of rotatable bonds is 7. The van der Waals surface area contributed by atoms with Gasteiger partial charge in [0.15, 0.2) is 0 Å². The Morgan fingerprint density at radius 3 is 2.52 bits per heavy atom. The molecule has 0 aliphatic carbocycles. The second kappa shape index (κ2) is 9.12. The quantitative estimate of drug-likeness (QED) is 0.505. The summed E-state index contributed by atoms with van der Waals surface area (Å²) in [6, 6.07) is 21.9. The second-order valence-corrected chi connectivity index (χ2v) is 7.54. The van der Waals surface area contributed by atoms with Gasteiger partial charge in [-0.15, -0.1) is 0 Å². The molecule has 0 radical (unpaired) electrons. The van der Waals surface area contributed by atoms with Gasteiger partial charge in [-0.05, 0) is 48.5 Å². The van der Waals surface area contributed by atoms with E-state index in [0.29, 0.717) is 29.1 Å². The van der Waals surface area contributed by atoms with Gasteiger partial charge in [-0.1, -0.05) is 42.5 Å². The number of nitrogens with one attached hydrogen (secondary N) is 2. The monoisotopic (exact) mass is 417 g/mol. The fraction of sp³-hybridized carbons (Fsp3) is 0.160. The first-order chi connectivity index (χ1) is 15.0. The summed E-state index contributed by atoms with van der Waals surface area (Å²) in [4.78, 5) is 14.9. The maximum Gasteiger partial charge on any atom is 0.258 e. The lowest BCUT2D eigenvalue weighted by atomic mass is 10.00. The number of carbonyl (C=O) groups excluding carboxylic acids is 1. The van der Waals surface area contributed by atoms with E-state index in [9.17, 15) is 9.18 Å². The molecule has 0 aromatic heterocycles. The molecule has 0 fully saturated rings. The number of hydrogen-bond donors (Lipinski definition) is 3. The predicted octanol–water partition coefficient (Wildman–Crippen LogP) is 4.18. The highest BCUT2D eigenvalue weighted by Crippen LogP contribution is 2.37. The molecule has 31 heavy (non-hydrogen) atoms. The van der Waals surface area contributed by atoms with Crippen LogP contribution in [0.2, 0.25) is 0 Å². The third-order valence-electron chi connectivity index (χ3n) is 5.20. The van der Waals surface area contributed by atoms with Crippen LogP contribution in [0, 0.1) is 5.82 Å². The lowest BCUT2D eigenvalue weighted by molar-refractivity contribution is -0.110. The van der Waals surface area contributed by atoms with Crippen LogP contribution in [0.5, 0.6) is 0 Å². The van der Waals surface area contributed by atoms with Crippen molar-refractivity contribution < 1.29 is 14.3 Å². The molecule has 0 bridgehead atoms. The highest BCUT2D eigenvalue weighted by molar-refractivity contribution is 6.37. The van der Waals surface area contributed by atoms with Crippen molar-refractivity contribution in [3.63, 3.8) is 0 Å². The summed E-state index contributed by atoms with van der Waals surface area (Å²) < 4.78 is 13.7. The van der Waals surface area contributed by atoms with Gasteiger partial charge in [-0.2, -0.15) is 0 Å². The Morgan fingerprint density at radius 1 is 1.06 bits per heavy atom. The molecule has 0 spiro atoms. The number of benzene rings is 3. The molecule has 0 atom stereocenters. The number of nitrogens with zero attached hydrogens (tertiary/aromatic N) is 1. The molecule has 4 rings (SSSR count). The van der Waals surface area contributed by atoms with E-state index in [0.717, 1.165) is 23.4 Å². The number of fused-ring (bicyclic) bond motifs is 1. The van der Waals surface area contributed by atoms with Gasteiger partial charge in [0.05, 0.1) is 23.6 Å². The van der Waals surface area contributed by atoms with E-state index in [1.807, 2.05) is 66.5 Å². The van der Waals surface area contributed by atoms with E-state index in [1.165, 1.54) is 12.1 Å². The number of anilines is 2. The van der Waals surface area contributed by atoms with Crippen molar-refractivity contribution in [2.24, 2.45) is 0 Å². The van der Waals surface area contributed by atoms with Crippen LogP contribution in [0.15, 0.2) is 72.8 Å². The van der Waals surface area contributed by atoms with E-state index in [2.05, 4.69) is 10.6 Å². The number of likely N-dealkylation sites (N-methyl/N-ethyl adjacent to an activating group) is 1. The molecular formula is C25H24FN3O2. The molecular weight excluding hydrogens is 393 g/mol. The van der Waals surface area contributed by atoms with Crippen LogP contribution < -0.4 is 10.6 Å². The van der Waals surface area contributed by atoms with Crippen LogP contribution in [0.25, 0.3) is 11.3 Å². The Labute approximate surface area is 180 Å². The molecule has 1 amide bonds. The van der Waals surface area contributed by atoms with Gasteiger partial charge >= 0.3 is 0 Å². The first-order valence-corrected chi connectivity index (χ1v) is 10.1. The van der Waals surface area contributed by atoms with Crippen molar-refractivity contribution in [1.29, 1.82) is 0 Å². The molecule has 3 aromatic rings. The minimum Gasteiger partial charge on any atom is -0.395 e. The molecule has 1 heterocycles. The van der Waals surface area contributed by atoms with Crippen LogP contribution >= 0.6 is 0 Å². The third-order valence-corrected chi connectivity index (χ3v) is 5.20. The van der Waals surface area contributed by atoms with Crippen molar-refractivity contribution in [2.75, 3.05) is 30.8 Å². The van der Waals surface area contributed by atoms with Crippen molar-refractivity contribution in [2.45, 2.75) is 6.54 Å². The van der Waals surface area contributed by atoms with Crippen LogP contribution in [0.4, 0.5) is 15.8 Å². The van der Waals surface area contributed by atoms with Gasteiger partial charge in [0.25, 0.3) is 5.91 Å². The van der Waals surface area contributed by atoms with Crippen molar-refractivity contribution in [1.82, 2.24) is 4.90 Å². The largest absolute Gasteiger partial charge is 0.395 e. The van der Waals surface area contributed by atoms with Crippen LogP contribution in [0.1, 0.15) is 16.7 Å². The average molecular weight is 417 g/mol. The zero-order chi connectivity index (χ0) is 21.8. The lowest BCUT2D eigenvalue weighted by Crippen LogP contribution is -2.21. The topological polar surface area (TPSA) is 64.6 Å². The number of aliphatic hydroxyl groups excluding tert-OH is 1. The smallest absolute Gasteiger partial charge is 0.258 e. The lowest BCUT2D eigenvalue weighted by Gasteiger charge is -2.17. The van der Waals surface area contributed by atoms with Crippen molar-refractivity contribution in [3.05, 3.63) is 95.3 Å². The molecule has 1 aliphatic heterocycles. The van der Waals surface area contributed by atoms with Gasteiger partial charge in [0.1, 0.15) is 5.82 Å². The average Bonchev–Trinajstić information content (AvgIpc) is 3.08. The molecule has 0 saturated heterocycles. The third kappa shape index (κ3) is 4.66. The Bertz CT molecular complexity index is 1110. The van der Waals surface area contributed by atoms with E-state index in [4.69, 9.17) is 5.11 Å². The number of hydrogen-bond acceptors (Lipinski definition) is 4. The molecule has 5 nitrogen and oxygen atoms in total. The summed E-state index contributed by atoms with van der Waals surface area (Å²) >= 11 is 0. The van der Waals surface area contributed by atoms with E-state index in [-0.39, 0.29) is 12.5 Å². The van der Waals surface area contributed by atoms with Crippen LogP contribution in [0.3, 0.4) is 0 Å². The normalized spacial score (nSPS) is 14.4. The van der Waals surface area contributed by atoms with E-state index >= 15 is 0 Å². The summed E-state index contributed by atoms with van der Waals surface area (Å²) in [5, 5.41) is 15.2. The summed E-state index contributed by atoms with van der Waals surface area (Å²) in [7, 11) is 1.96. The molecule has 1 aliphatic rings. The zero-order valence-corrected chi connectivity index (χ0v) is 17.2. The summed E-state index contributed by atoms with van der Waals surface area (Å²) in [5.41, 5.74) is 5.09. The standard InChI is InChI=1S/C25H24FN3O2/c1-29(13-14-30)16-17-7-10-20(11-8-17)27-24(18-5-3-2-4-6-18)23-21-12-9-19(26)15-22(21)28-25(23)31/h2-12,15,27,30H,13-14,16H2,1H3,(H,28,31)/b24-23-. The van der Waals surface area contributed by atoms with Gasteiger partial charge < -0.3 is 15.7 Å².